The normalized spacial score (nSPS) is 10.4. The molecule has 1 heterocycles. The number of nitrogens with zero attached hydrogens (tertiary/aromatic N) is 2. The Kier molecular flexibility index (Phi) is 5.59. The van der Waals surface area contributed by atoms with Crippen molar-refractivity contribution in [3.05, 3.63) is 45.9 Å². The Morgan fingerprint density at radius 3 is 2.76 bits per heavy atom. The molecule has 0 spiro atoms. The third-order valence-electron chi connectivity index (χ3n) is 2.83. The summed E-state index contributed by atoms with van der Waals surface area (Å²) in [4.78, 5) is 17.9. The average Bonchev–Trinajstić information content (AvgIpc) is 2.90. The first-order valence-corrected chi connectivity index (χ1v) is 7.90. The number of rotatable bonds is 6. The van der Waals surface area contributed by atoms with E-state index in [9.17, 15) is 4.79 Å². The zero-order valence-corrected chi connectivity index (χ0v) is 13.6. The Bertz CT molecular complexity index is 598. The lowest BCUT2D eigenvalue weighted by Crippen LogP contribution is -2.16. The maximum Gasteiger partial charge on any atom is 0.311 e. The minimum absolute atomic E-state index is 0.221. The monoisotopic (exact) mass is 324 g/mol. The summed E-state index contributed by atoms with van der Waals surface area (Å²) in [7, 11) is 1.97. The zero-order chi connectivity index (χ0) is 15.2. The summed E-state index contributed by atoms with van der Waals surface area (Å²) < 4.78 is 4.92. The van der Waals surface area contributed by atoms with Gasteiger partial charge in [-0.1, -0.05) is 23.7 Å². The largest absolute Gasteiger partial charge is 0.466 e. The maximum absolute atomic E-state index is 11.4. The Morgan fingerprint density at radius 1 is 1.38 bits per heavy atom. The van der Waals surface area contributed by atoms with Crippen LogP contribution in [0, 0.1) is 0 Å². The molecule has 0 fully saturated rings. The minimum Gasteiger partial charge on any atom is -0.466 e. The second-order valence-corrected chi connectivity index (χ2v) is 5.86. The number of esters is 1. The van der Waals surface area contributed by atoms with Crippen molar-refractivity contribution in [1.82, 2.24) is 4.98 Å². The summed E-state index contributed by atoms with van der Waals surface area (Å²) in [6, 6.07) is 7.73. The number of carbonyl (C=O) groups excluding carboxylic acids is 1. The third-order valence-corrected chi connectivity index (χ3v) is 4.09. The Balaban J connectivity index is 1.96. The molecular weight excluding hydrogens is 308 g/mol. The Labute approximate surface area is 133 Å². The molecule has 0 amide bonds. The number of benzene rings is 1. The van der Waals surface area contributed by atoms with Crippen LogP contribution in [0.1, 0.15) is 18.2 Å². The van der Waals surface area contributed by atoms with E-state index in [4.69, 9.17) is 16.3 Å². The zero-order valence-electron chi connectivity index (χ0n) is 12.0. The predicted octanol–water partition coefficient (Wildman–Crippen LogP) is 3.54. The van der Waals surface area contributed by atoms with E-state index >= 15 is 0 Å². The molecule has 0 unspecified atom stereocenters. The van der Waals surface area contributed by atoms with Crippen LogP contribution in [-0.2, 0) is 22.5 Å². The molecule has 6 heteroatoms. The molecule has 4 nitrogen and oxygen atoms in total. The number of hydrogen-bond acceptors (Lipinski definition) is 5. The van der Waals surface area contributed by atoms with Gasteiger partial charge >= 0.3 is 5.97 Å². The topological polar surface area (TPSA) is 42.4 Å². The summed E-state index contributed by atoms with van der Waals surface area (Å²) in [6.07, 6.45) is 0.221. The highest BCUT2D eigenvalue weighted by molar-refractivity contribution is 7.13. The molecule has 0 saturated heterocycles. The van der Waals surface area contributed by atoms with Crippen molar-refractivity contribution in [3.8, 4) is 0 Å². The van der Waals surface area contributed by atoms with Gasteiger partial charge in [0, 0.05) is 24.0 Å². The summed E-state index contributed by atoms with van der Waals surface area (Å²) in [5, 5.41) is 3.50. The van der Waals surface area contributed by atoms with E-state index in [1.807, 2.05) is 41.6 Å². The van der Waals surface area contributed by atoms with Gasteiger partial charge in [-0.15, -0.1) is 11.3 Å². The summed E-state index contributed by atoms with van der Waals surface area (Å²) in [5.41, 5.74) is 1.90. The molecule has 0 aliphatic heterocycles. The van der Waals surface area contributed by atoms with Gasteiger partial charge in [-0.2, -0.15) is 0 Å². The van der Waals surface area contributed by atoms with E-state index in [0.717, 1.165) is 28.0 Å². The molecule has 1 aromatic heterocycles. The van der Waals surface area contributed by atoms with E-state index in [1.54, 1.807) is 6.92 Å². The Hall–Kier alpha value is -1.59. The van der Waals surface area contributed by atoms with Crippen molar-refractivity contribution in [3.63, 3.8) is 0 Å². The SMILES string of the molecule is CCOC(=O)Cc1csc(N(C)Cc2ccc(Cl)cc2)n1. The number of anilines is 1. The van der Waals surface area contributed by atoms with Gasteiger partial charge in [0.15, 0.2) is 5.13 Å². The summed E-state index contributed by atoms with van der Waals surface area (Å²) in [5.74, 6) is -0.241. The van der Waals surface area contributed by atoms with Crippen molar-refractivity contribution in [1.29, 1.82) is 0 Å². The number of aromatic nitrogens is 1. The number of carbonyl (C=O) groups is 1. The molecule has 0 bridgehead atoms. The van der Waals surface area contributed by atoms with Crippen LogP contribution in [0.4, 0.5) is 5.13 Å². The van der Waals surface area contributed by atoms with Crippen molar-refractivity contribution < 1.29 is 9.53 Å². The fourth-order valence-electron chi connectivity index (χ4n) is 1.84. The fraction of sp³-hybridized carbons (Fsp3) is 0.333. The first-order chi connectivity index (χ1) is 10.1. The van der Waals surface area contributed by atoms with Crippen LogP contribution in [0.3, 0.4) is 0 Å². The lowest BCUT2D eigenvalue weighted by Gasteiger charge is -2.15. The number of halogens is 1. The molecule has 0 radical (unpaired) electrons. The highest BCUT2D eigenvalue weighted by Crippen LogP contribution is 2.22. The average molecular weight is 325 g/mol. The second-order valence-electron chi connectivity index (χ2n) is 4.59. The minimum atomic E-state index is -0.241. The second kappa shape index (κ2) is 7.43. The first-order valence-electron chi connectivity index (χ1n) is 6.64. The molecule has 21 heavy (non-hydrogen) atoms. The van der Waals surface area contributed by atoms with Crippen molar-refractivity contribution in [2.24, 2.45) is 0 Å². The van der Waals surface area contributed by atoms with Gasteiger partial charge in [-0.25, -0.2) is 4.98 Å². The van der Waals surface area contributed by atoms with Crippen molar-refractivity contribution >= 4 is 34.0 Å². The smallest absolute Gasteiger partial charge is 0.311 e. The van der Waals surface area contributed by atoms with Gasteiger partial charge in [0.05, 0.1) is 18.7 Å². The third kappa shape index (κ3) is 4.72. The van der Waals surface area contributed by atoms with E-state index in [2.05, 4.69) is 4.98 Å². The molecule has 0 atom stereocenters. The first kappa shape index (κ1) is 15.8. The molecule has 0 aliphatic rings. The fourth-order valence-corrected chi connectivity index (χ4v) is 2.76. The predicted molar refractivity (Wildman–Crippen MR) is 86.0 cm³/mol. The standard InChI is InChI=1S/C15H17ClN2O2S/c1-3-20-14(19)8-13-10-21-15(17-13)18(2)9-11-4-6-12(16)7-5-11/h4-7,10H,3,8-9H2,1-2H3. The van der Waals surface area contributed by atoms with Gasteiger partial charge in [0.25, 0.3) is 0 Å². The van der Waals surface area contributed by atoms with Crippen LogP contribution < -0.4 is 4.90 Å². The van der Waals surface area contributed by atoms with Gasteiger partial charge in [0.2, 0.25) is 0 Å². The lowest BCUT2D eigenvalue weighted by molar-refractivity contribution is -0.142. The van der Waals surface area contributed by atoms with E-state index < -0.39 is 0 Å². The quantitative estimate of drug-likeness (QED) is 0.762. The number of hydrogen-bond donors (Lipinski definition) is 0. The van der Waals surface area contributed by atoms with Crippen molar-refractivity contribution in [2.45, 2.75) is 19.9 Å². The van der Waals surface area contributed by atoms with Gasteiger partial charge < -0.3 is 9.64 Å². The van der Waals surface area contributed by atoms with Crippen LogP contribution in [0.15, 0.2) is 29.6 Å². The molecule has 0 aliphatic carbocycles. The van der Waals surface area contributed by atoms with Crippen LogP contribution in [0.25, 0.3) is 0 Å². The van der Waals surface area contributed by atoms with Gasteiger partial charge in [0.1, 0.15) is 0 Å². The molecule has 0 N–H and O–H groups in total. The number of ether oxygens (including phenoxy) is 1. The van der Waals surface area contributed by atoms with Crippen LogP contribution in [0.5, 0.6) is 0 Å². The maximum atomic E-state index is 11.4. The molecule has 0 saturated carbocycles. The number of thiazole rings is 1. The van der Waals surface area contributed by atoms with Gasteiger partial charge in [-0.3, -0.25) is 4.79 Å². The van der Waals surface area contributed by atoms with E-state index in [-0.39, 0.29) is 12.4 Å². The summed E-state index contributed by atoms with van der Waals surface area (Å²) >= 11 is 7.40. The van der Waals surface area contributed by atoms with Crippen LogP contribution in [-0.4, -0.2) is 24.6 Å². The van der Waals surface area contributed by atoms with Crippen molar-refractivity contribution in [2.75, 3.05) is 18.6 Å². The molecule has 2 aromatic rings. The molecule has 1 aromatic carbocycles. The highest BCUT2D eigenvalue weighted by Gasteiger charge is 2.11. The summed E-state index contributed by atoms with van der Waals surface area (Å²) in [6.45, 7) is 2.93. The van der Waals surface area contributed by atoms with Gasteiger partial charge in [-0.05, 0) is 24.6 Å². The molecular formula is C15H17ClN2O2S. The van der Waals surface area contributed by atoms with E-state index in [0.29, 0.717) is 6.61 Å². The molecule has 112 valence electrons. The highest BCUT2D eigenvalue weighted by atomic mass is 35.5. The van der Waals surface area contributed by atoms with Crippen LogP contribution >= 0.6 is 22.9 Å². The van der Waals surface area contributed by atoms with E-state index in [1.165, 1.54) is 11.3 Å². The Morgan fingerprint density at radius 2 is 2.10 bits per heavy atom. The van der Waals surface area contributed by atoms with Crippen LogP contribution in [0.2, 0.25) is 5.02 Å². The molecule has 2 rings (SSSR count). The lowest BCUT2D eigenvalue weighted by atomic mass is 10.2.